The molecular formula is C17H19N3O4. The first-order chi connectivity index (χ1) is 11.5. The minimum atomic E-state index is -0.560. The molecule has 0 radical (unpaired) electrons. The van der Waals surface area contributed by atoms with Gasteiger partial charge in [-0.25, -0.2) is 4.79 Å². The molecule has 1 heterocycles. The molecule has 0 unspecified atom stereocenters. The van der Waals surface area contributed by atoms with Crippen LogP contribution in [0.25, 0.3) is 11.1 Å². The predicted octanol–water partition coefficient (Wildman–Crippen LogP) is 3.67. The van der Waals surface area contributed by atoms with E-state index in [0.717, 1.165) is 18.4 Å². The van der Waals surface area contributed by atoms with E-state index >= 15 is 0 Å². The lowest BCUT2D eigenvalue weighted by Gasteiger charge is -2.25. The number of hydrogen-bond donors (Lipinski definition) is 0. The summed E-state index contributed by atoms with van der Waals surface area (Å²) in [4.78, 5) is 22.9. The van der Waals surface area contributed by atoms with Crippen LogP contribution >= 0.6 is 0 Å². The highest BCUT2D eigenvalue weighted by atomic mass is 16.6. The fourth-order valence-corrected chi connectivity index (χ4v) is 2.94. The lowest BCUT2D eigenvalue weighted by Crippen LogP contribution is -2.17. The molecule has 126 valence electrons. The molecule has 0 saturated heterocycles. The van der Waals surface area contributed by atoms with Crippen LogP contribution in [0, 0.1) is 17.0 Å². The summed E-state index contributed by atoms with van der Waals surface area (Å²) in [7, 11) is 0. The van der Waals surface area contributed by atoms with Gasteiger partial charge in [0, 0.05) is 29.5 Å². The largest absolute Gasteiger partial charge is 0.462 e. The Bertz CT molecular complexity index is 793. The maximum absolute atomic E-state index is 12.3. The van der Waals surface area contributed by atoms with Gasteiger partial charge in [0.05, 0.1) is 29.3 Å². The number of carbonyl (C=O) groups is 1. The van der Waals surface area contributed by atoms with Crippen LogP contribution in [0.1, 0.15) is 48.1 Å². The maximum Gasteiger partial charge on any atom is 0.339 e. The predicted molar refractivity (Wildman–Crippen MR) is 87.9 cm³/mol. The quantitative estimate of drug-likeness (QED) is 0.474. The maximum atomic E-state index is 12.3. The second-order valence-electron chi connectivity index (χ2n) is 5.96. The van der Waals surface area contributed by atoms with Crippen LogP contribution < -0.4 is 0 Å². The topological polar surface area (TPSA) is 87.3 Å². The molecule has 0 atom stereocenters. The molecular weight excluding hydrogens is 310 g/mol. The normalized spacial score (nSPS) is 14.2. The van der Waals surface area contributed by atoms with E-state index in [-0.39, 0.29) is 17.9 Å². The van der Waals surface area contributed by atoms with Gasteiger partial charge in [0.2, 0.25) is 0 Å². The Hall–Kier alpha value is -2.70. The molecule has 0 spiro atoms. The summed E-state index contributed by atoms with van der Waals surface area (Å²) in [5, 5.41) is 15.5. The van der Waals surface area contributed by atoms with Crippen molar-refractivity contribution in [1.29, 1.82) is 0 Å². The second kappa shape index (κ2) is 6.43. The summed E-state index contributed by atoms with van der Waals surface area (Å²) >= 11 is 0. The Morgan fingerprint density at radius 2 is 2.21 bits per heavy atom. The minimum absolute atomic E-state index is 0.120. The van der Waals surface area contributed by atoms with Gasteiger partial charge in [0.15, 0.2) is 0 Å². The third kappa shape index (κ3) is 2.89. The van der Waals surface area contributed by atoms with Gasteiger partial charge in [-0.2, -0.15) is 5.10 Å². The zero-order chi connectivity index (χ0) is 17.3. The molecule has 2 aromatic rings. The van der Waals surface area contributed by atoms with E-state index < -0.39 is 10.9 Å². The molecule has 0 bridgehead atoms. The standard InChI is InChI=1S/C17H19N3O4/c1-3-24-17(21)15-8-14(20(22)23)7-11(2)16(15)12-9-18-19(10-12)13-5-4-6-13/h7-10,13H,3-6H2,1-2H3. The molecule has 0 N–H and O–H groups in total. The number of non-ortho nitro benzene ring substituents is 1. The van der Waals surface area contributed by atoms with E-state index in [1.807, 2.05) is 10.9 Å². The molecule has 3 rings (SSSR count). The van der Waals surface area contributed by atoms with Gasteiger partial charge < -0.3 is 4.74 Å². The number of nitro benzene ring substituents is 1. The second-order valence-corrected chi connectivity index (χ2v) is 5.96. The van der Waals surface area contributed by atoms with Gasteiger partial charge in [-0.15, -0.1) is 0 Å². The average molecular weight is 329 g/mol. The molecule has 1 fully saturated rings. The Kier molecular flexibility index (Phi) is 4.33. The van der Waals surface area contributed by atoms with Crippen molar-refractivity contribution < 1.29 is 14.5 Å². The number of benzene rings is 1. The van der Waals surface area contributed by atoms with Gasteiger partial charge in [-0.3, -0.25) is 14.8 Å². The number of rotatable bonds is 5. The van der Waals surface area contributed by atoms with Crippen LogP contribution in [0.2, 0.25) is 0 Å². The third-order valence-corrected chi connectivity index (χ3v) is 4.37. The molecule has 7 nitrogen and oxygen atoms in total. The summed E-state index contributed by atoms with van der Waals surface area (Å²) in [6.07, 6.45) is 7.01. The molecule has 7 heteroatoms. The van der Waals surface area contributed by atoms with E-state index in [9.17, 15) is 14.9 Å². The highest BCUT2D eigenvalue weighted by Crippen LogP contribution is 2.35. The number of esters is 1. The van der Waals surface area contributed by atoms with Crippen LogP contribution in [0.3, 0.4) is 0 Å². The van der Waals surface area contributed by atoms with Crippen molar-refractivity contribution in [3.05, 3.63) is 45.8 Å². The van der Waals surface area contributed by atoms with Gasteiger partial charge in [-0.1, -0.05) is 0 Å². The monoisotopic (exact) mass is 329 g/mol. The van der Waals surface area contributed by atoms with Gasteiger partial charge in [0.1, 0.15) is 0 Å². The van der Waals surface area contributed by atoms with Crippen molar-refractivity contribution in [2.45, 2.75) is 39.2 Å². The van der Waals surface area contributed by atoms with E-state index in [2.05, 4.69) is 5.10 Å². The molecule has 0 amide bonds. The van der Waals surface area contributed by atoms with Gasteiger partial charge in [0.25, 0.3) is 5.69 Å². The fraction of sp³-hybridized carbons (Fsp3) is 0.412. The zero-order valence-electron chi connectivity index (χ0n) is 13.7. The van der Waals surface area contributed by atoms with Crippen molar-refractivity contribution in [2.75, 3.05) is 6.61 Å². The average Bonchev–Trinajstić information content (AvgIpc) is 2.93. The van der Waals surface area contributed by atoms with Crippen LogP contribution in [-0.4, -0.2) is 27.3 Å². The Morgan fingerprint density at radius 3 is 2.79 bits per heavy atom. The highest BCUT2D eigenvalue weighted by Gasteiger charge is 2.24. The summed E-state index contributed by atoms with van der Waals surface area (Å²) in [6.45, 7) is 3.67. The smallest absolute Gasteiger partial charge is 0.339 e. The zero-order valence-corrected chi connectivity index (χ0v) is 13.7. The first-order valence-electron chi connectivity index (χ1n) is 8.02. The number of nitrogens with zero attached hydrogens (tertiary/aromatic N) is 3. The number of aryl methyl sites for hydroxylation is 1. The van der Waals surface area contributed by atoms with Crippen molar-refractivity contribution in [3.8, 4) is 11.1 Å². The van der Waals surface area contributed by atoms with Crippen molar-refractivity contribution in [3.63, 3.8) is 0 Å². The Morgan fingerprint density at radius 1 is 1.46 bits per heavy atom. The third-order valence-electron chi connectivity index (χ3n) is 4.37. The lowest BCUT2D eigenvalue weighted by atomic mass is 9.93. The SMILES string of the molecule is CCOC(=O)c1cc([N+](=O)[O-])cc(C)c1-c1cnn(C2CCC2)c1. The molecule has 0 aliphatic heterocycles. The Labute approximate surface area is 139 Å². The van der Waals surface area contributed by atoms with Crippen LogP contribution in [-0.2, 0) is 4.74 Å². The molecule has 24 heavy (non-hydrogen) atoms. The Balaban J connectivity index is 2.09. The lowest BCUT2D eigenvalue weighted by molar-refractivity contribution is -0.384. The van der Waals surface area contributed by atoms with Crippen LogP contribution in [0.5, 0.6) is 0 Å². The molecule has 1 aromatic heterocycles. The number of hydrogen-bond acceptors (Lipinski definition) is 5. The van der Waals surface area contributed by atoms with Crippen molar-refractivity contribution in [2.24, 2.45) is 0 Å². The molecule has 1 saturated carbocycles. The van der Waals surface area contributed by atoms with Crippen molar-refractivity contribution in [1.82, 2.24) is 9.78 Å². The van der Waals surface area contributed by atoms with Gasteiger partial charge in [-0.05, 0) is 38.7 Å². The van der Waals surface area contributed by atoms with E-state index in [1.54, 1.807) is 20.0 Å². The highest BCUT2D eigenvalue weighted by molar-refractivity contribution is 5.99. The summed E-state index contributed by atoms with van der Waals surface area (Å²) in [5.74, 6) is -0.560. The number of aromatic nitrogens is 2. The van der Waals surface area contributed by atoms with E-state index in [0.29, 0.717) is 17.2 Å². The molecule has 1 aliphatic rings. The van der Waals surface area contributed by atoms with Crippen LogP contribution in [0.15, 0.2) is 24.5 Å². The number of ether oxygens (including phenoxy) is 1. The minimum Gasteiger partial charge on any atom is -0.462 e. The summed E-state index contributed by atoms with van der Waals surface area (Å²) in [6, 6.07) is 3.16. The fourth-order valence-electron chi connectivity index (χ4n) is 2.94. The van der Waals surface area contributed by atoms with Crippen LogP contribution in [0.4, 0.5) is 5.69 Å². The van der Waals surface area contributed by atoms with E-state index in [4.69, 9.17) is 4.74 Å². The first-order valence-corrected chi connectivity index (χ1v) is 8.02. The summed E-state index contributed by atoms with van der Waals surface area (Å²) in [5.41, 5.74) is 2.16. The molecule has 1 aliphatic carbocycles. The summed E-state index contributed by atoms with van der Waals surface area (Å²) < 4.78 is 6.99. The van der Waals surface area contributed by atoms with E-state index in [1.165, 1.54) is 18.6 Å². The van der Waals surface area contributed by atoms with Crippen molar-refractivity contribution >= 4 is 11.7 Å². The number of carbonyl (C=O) groups excluding carboxylic acids is 1. The molecule has 1 aromatic carbocycles. The number of nitro groups is 1. The van der Waals surface area contributed by atoms with Gasteiger partial charge >= 0.3 is 5.97 Å². The first kappa shape index (κ1) is 16.2.